The van der Waals surface area contributed by atoms with Crippen molar-refractivity contribution in [3.63, 3.8) is 0 Å². The summed E-state index contributed by atoms with van der Waals surface area (Å²) in [6.07, 6.45) is 3.81. The zero-order valence-corrected chi connectivity index (χ0v) is 9.12. The van der Waals surface area contributed by atoms with E-state index < -0.39 is 0 Å². The highest BCUT2D eigenvalue weighted by Gasteiger charge is 2.25. The molecule has 1 aliphatic carbocycles. The number of benzene rings is 1. The van der Waals surface area contributed by atoms with Crippen molar-refractivity contribution in [1.29, 1.82) is 0 Å². The van der Waals surface area contributed by atoms with Crippen LogP contribution in [0.15, 0.2) is 16.5 Å². The highest BCUT2D eigenvalue weighted by molar-refractivity contribution is 5.75. The van der Waals surface area contributed by atoms with Gasteiger partial charge >= 0.3 is 0 Å². The minimum atomic E-state index is 0.584. The third-order valence-corrected chi connectivity index (χ3v) is 3.81. The normalized spacial score (nSPS) is 20.0. The number of oxazole rings is 1. The average molecular weight is 214 g/mol. The minimum absolute atomic E-state index is 0.584. The maximum absolute atomic E-state index is 5.86. The van der Waals surface area contributed by atoms with Crippen LogP contribution in [0.25, 0.3) is 11.1 Å². The van der Waals surface area contributed by atoms with Gasteiger partial charge in [0.1, 0.15) is 5.52 Å². The molecule has 82 valence electrons. The fourth-order valence-corrected chi connectivity index (χ4v) is 2.57. The Labute approximate surface area is 93.9 Å². The summed E-state index contributed by atoms with van der Waals surface area (Å²) in [5.74, 6) is 1.54. The lowest BCUT2D eigenvalue weighted by molar-refractivity contribution is 0.344. The molecule has 4 rings (SSSR count). The van der Waals surface area contributed by atoms with E-state index in [-0.39, 0.29) is 0 Å². The van der Waals surface area contributed by atoms with Gasteiger partial charge in [-0.3, -0.25) is 0 Å². The van der Waals surface area contributed by atoms with Crippen LogP contribution in [0, 0.1) is 0 Å². The van der Waals surface area contributed by atoms with Gasteiger partial charge in [-0.25, -0.2) is 4.98 Å². The van der Waals surface area contributed by atoms with Gasteiger partial charge in [0.05, 0.1) is 0 Å². The Bertz CT molecular complexity index is 513. The van der Waals surface area contributed by atoms with Crippen molar-refractivity contribution in [1.82, 2.24) is 10.3 Å². The standard InChI is InChI=1S/C13H14N2O/c1-2-8(3-1)13-15-11-4-9-6-14-7-10(9)5-12(11)16-13/h4-5,8,14H,1-3,6-7H2. The third-order valence-electron chi connectivity index (χ3n) is 3.81. The summed E-state index contributed by atoms with van der Waals surface area (Å²) in [5, 5.41) is 3.34. The Balaban J connectivity index is 1.86. The molecular formula is C13H14N2O. The summed E-state index contributed by atoms with van der Waals surface area (Å²) >= 11 is 0. The minimum Gasteiger partial charge on any atom is -0.440 e. The molecule has 0 atom stereocenters. The van der Waals surface area contributed by atoms with Gasteiger partial charge in [0.15, 0.2) is 11.5 Å². The zero-order chi connectivity index (χ0) is 10.5. The maximum Gasteiger partial charge on any atom is 0.198 e. The Morgan fingerprint density at radius 2 is 2.00 bits per heavy atom. The molecule has 3 nitrogen and oxygen atoms in total. The first kappa shape index (κ1) is 8.76. The van der Waals surface area contributed by atoms with Crippen LogP contribution in [-0.4, -0.2) is 4.98 Å². The largest absolute Gasteiger partial charge is 0.440 e. The number of nitrogens with one attached hydrogen (secondary N) is 1. The molecule has 1 aromatic carbocycles. The molecule has 0 radical (unpaired) electrons. The van der Waals surface area contributed by atoms with Crippen LogP contribution < -0.4 is 5.32 Å². The number of aromatic nitrogens is 1. The number of nitrogens with zero attached hydrogens (tertiary/aromatic N) is 1. The van der Waals surface area contributed by atoms with Gasteiger partial charge in [0, 0.05) is 19.0 Å². The van der Waals surface area contributed by atoms with E-state index in [1.807, 2.05) is 0 Å². The molecule has 1 saturated carbocycles. The monoisotopic (exact) mass is 214 g/mol. The van der Waals surface area contributed by atoms with Gasteiger partial charge in [0.25, 0.3) is 0 Å². The Kier molecular flexibility index (Phi) is 1.68. The molecule has 0 bridgehead atoms. The van der Waals surface area contributed by atoms with Crippen molar-refractivity contribution in [2.75, 3.05) is 0 Å². The summed E-state index contributed by atoms with van der Waals surface area (Å²) in [7, 11) is 0. The number of hydrogen-bond donors (Lipinski definition) is 1. The molecule has 1 aromatic heterocycles. The third kappa shape index (κ3) is 1.15. The summed E-state index contributed by atoms with van der Waals surface area (Å²) in [5.41, 5.74) is 4.73. The predicted molar refractivity (Wildman–Crippen MR) is 61.1 cm³/mol. The molecule has 0 amide bonds. The fraction of sp³-hybridized carbons (Fsp3) is 0.462. The Hall–Kier alpha value is -1.35. The average Bonchev–Trinajstić information content (AvgIpc) is 2.75. The lowest BCUT2D eigenvalue weighted by Gasteiger charge is -2.21. The summed E-state index contributed by atoms with van der Waals surface area (Å²) in [4.78, 5) is 4.62. The van der Waals surface area contributed by atoms with E-state index in [0.29, 0.717) is 5.92 Å². The van der Waals surface area contributed by atoms with Crippen LogP contribution >= 0.6 is 0 Å². The Morgan fingerprint density at radius 3 is 2.75 bits per heavy atom. The van der Waals surface area contributed by atoms with E-state index >= 15 is 0 Å². The Morgan fingerprint density at radius 1 is 1.19 bits per heavy atom. The molecule has 0 spiro atoms. The second-order valence-corrected chi connectivity index (χ2v) is 4.87. The van der Waals surface area contributed by atoms with Crippen LogP contribution in [0.2, 0.25) is 0 Å². The van der Waals surface area contributed by atoms with Gasteiger partial charge in [-0.15, -0.1) is 0 Å². The number of hydrogen-bond acceptors (Lipinski definition) is 3. The molecule has 16 heavy (non-hydrogen) atoms. The zero-order valence-electron chi connectivity index (χ0n) is 9.12. The van der Waals surface area contributed by atoms with Crippen LogP contribution in [0.4, 0.5) is 0 Å². The van der Waals surface area contributed by atoms with Crippen molar-refractivity contribution >= 4 is 11.1 Å². The van der Waals surface area contributed by atoms with E-state index in [1.165, 1.54) is 30.4 Å². The van der Waals surface area contributed by atoms with E-state index in [1.54, 1.807) is 0 Å². The summed E-state index contributed by atoms with van der Waals surface area (Å²) in [6, 6.07) is 4.33. The van der Waals surface area contributed by atoms with Crippen LogP contribution in [-0.2, 0) is 13.1 Å². The van der Waals surface area contributed by atoms with Gasteiger partial charge < -0.3 is 9.73 Å². The topological polar surface area (TPSA) is 38.1 Å². The smallest absolute Gasteiger partial charge is 0.198 e. The molecule has 3 heteroatoms. The summed E-state index contributed by atoms with van der Waals surface area (Å²) in [6.45, 7) is 1.93. The van der Waals surface area contributed by atoms with Gasteiger partial charge in [0.2, 0.25) is 0 Å². The first-order valence-corrected chi connectivity index (χ1v) is 6.03. The molecule has 2 heterocycles. The second kappa shape index (κ2) is 3.08. The van der Waals surface area contributed by atoms with E-state index in [2.05, 4.69) is 22.4 Å². The van der Waals surface area contributed by atoms with Crippen molar-refractivity contribution in [2.24, 2.45) is 0 Å². The number of rotatable bonds is 1. The molecule has 2 aliphatic rings. The lowest BCUT2D eigenvalue weighted by Crippen LogP contribution is -2.08. The molecule has 0 unspecified atom stereocenters. The van der Waals surface area contributed by atoms with Gasteiger partial charge in [-0.1, -0.05) is 6.42 Å². The number of fused-ring (bicyclic) bond motifs is 2. The van der Waals surface area contributed by atoms with Crippen molar-refractivity contribution < 1.29 is 4.42 Å². The molecule has 1 fully saturated rings. The molecule has 2 aromatic rings. The molecular weight excluding hydrogens is 200 g/mol. The van der Waals surface area contributed by atoms with Crippen LogP contribution in [0.5, 0.6) is 0 Å². The quantitative estimate of drug-likeness (QED) is 0.793. The van der Waals surface area contributed by atoms with Crippen molar-refractivity contribution in [3.8, 4) is 0 Å². The highest BCUT2D eigenvalue weighted by atomic mass is 16.3. The van der Waals surface area contributed by atoms with E-state index in [0.717, 1.165) is 30.1 Å². The van der Waals surface area contributed by atoms with E-state index in [9.17, 15) is 0 Å². The lowest BCUT2D eigenvalue weighted by atomic mass is 9.85. The van der Waals surface area contributed by atoms with Gasteiger partial charge in [-0.2, -0.15) is 0 Å². The van der Waals surface area contributed by atoms with Gasteiger partial charge in [-0.05, 0) is 36.1 Å². The molecule has 0 saturated heterocycles. The maximum atomic E-state index is 5.86. The first-order chi connectivity index (χ1) is 7.90. The van der Waals surface area contributed by atoms with Crippen molar-refractivity contribution in [2.45, 2.75) is 38.3 Å². The molecule has 1 aliphatic heterocycles. The SMILES string of the molecule is c1c2c(cc3oc(C4CCC4)nc13)CNC2. The highest BCUT2D eigenvalue weighted by Crippen LogP contribution is 2.37. The van der Waals surface area contributed by atoms with Crippen molar-refractivity contribution in [3.05, 3.63) is 29.2 Å². The van der Waals surface area contributed by atoms with E-state index in [4.69, 9.17) is 4.42 Å². The predicted octanol–water partition coefficient (Wildman–Crippen LogP) is 2.70. The molecule has 1 N–H and O–H groups in total. The fourth-order valence-electron chi connectivity index (χ4n) is 2.57. The van der Waals surface area contributed by atoms with Crippen LogP contribution in [0.3, 0.4) is 0 Å². The first-order valence-electron chi connectivity index (χ1n) is 6.03. The van der Waals surface area contributed by atoms with Crippen LogP contribution in [0.1, 0.15) is 42.2 Å². The second-order valence-electron chi connectivity index (χ2n) is 4.87. The summed E-state index contributed by atoms with van der Waals surface area (Å²) < 4.78 is 5.86.